The number of nitrogens with one attached hydrogen (secondary N) is 1. The van der Waals surface area contributed by atoms with Gasteiger partial charge in [0.15, 0.2) is 0 Å². The minimum Gasteiger partial charge on any atom is -0.477 e. The minimum absolute atomic E-state index is 0.115. The summed E-state index contributed by atoms with van der Waals surface area (Å²) in [5, 5.41) is 9.05. The van der Waals surface area contributed by atoms with E-state index in [-0.39, 0.29) is 29.6 Å². The van der Waals surface area contributed by atoms with Crippen molar-refractivity contribution in [2.45, 2.75) is 31.2 Å². The molecule has 112 valence electrons. The molecule has 0 saturated heterocycles. The summed E-state index contributed by atoms with van der Waals surface area (Å²) in [6, 6.07) is 0.880. The predicted molar refractivity (Wildman–Crippen MR) is 70.8 cm³/mol. The third-order valence-corrected chi connectivity index (χ3v) is 4.00. The summed E-state index contributed by atoms with van der Waals surface area (Å²) < 4.78 is 27.5. The predicted octanol–water partition coefficient (Wildman–Crippen LogP) is -0.0791. The van der Waals surface area contributed by atoms with Crippen molar-refractivity contribution in [3.8, 4) is 0 Å². The Morgan fingerprint density at radius 1 is 1.45 bits per heavy atom. The first-order chi connectivity index (χ1) is 9.15. The summed E-state index contributed by atoms with van der Waals surface area (Å²) in [5.41, 5.74) is 4.80. The van der Waals surface area contributed by atoms with E-state index < -0.39 is 21.9 Å². The Kier molecular flexibility index (Phi) is 4.90. The van der Waals surface area contributed by atoms with Gasteiger partial charge >= 0.3 is 5.97 Å². The van der Waals surface area contributed by atoms with Crippen molar-refractivity contribution in [3.63, 3.8) is 0 Å². The monoisotopic (exact) mass is 303 g/mol. The quantitative estimate of drug-likeness (QED) is 0.648. The number of amides is 1. The summed E-state index contributed by atoms with van der Waals surface area (Å²) in [6.07, 6.45) is 1.12. The van der Waals surface area contributed by atoms with E-state index in [0.717, 1.165) is 6.07 Å². The van der Waals surface area contributed by atoms with Crippen LogP contribution >= 0.6 is 0 Å². The minimum atomic E-state index is -3.87. The van der Waals surface area contributed by atoms with Gasteiger partial charge in [-0.25, -0.2) is 17.9 Å². The van der Waals surface area contributed by atoms with Crippen LogP contribution in [0.3, 0.4) is 0 Å². The van der Waals surface area contributed by atoms with Gasteiger partial charge in [0.2, 0.25) is 15.9 Å². The van der Waals surface area contributed by atoms with Gasteiger partial charge in [-0.2, -0.15) is 0 Å². The molecule has 0 aromatic carbocycles. The standard InChI is InChI=1S/C11H17N3O5S/c1-7(2)14-6-8(5-9(14)11(16)17)20(18,19)13-4-3-10(12)15/h5-7,13H,3-4H2,1-2H3,(H2,12,15)(H,16,17). The molecular formula is C11H17N3O5S. The van der Waals surface area contributed by atoms with Gasteiger partial charge in [-0.1, -0.05) is 0 Å². The Balaban J connectivity index is 3.04. The highest BCUT2D eigenvalue weighted by molar-refractivity contribution is 7.89. The molecule has 0 aliphatic carbocycles. The van der Waals surface area contributed by atoms with Crippen molar-refractivity contribution in [1.82, 2.24) is 9.29 Å². The van der Waals surface area contributed by atoms with E-state index in [0.29, 0.717) is 0 Å². The summed E-state index contributed by atoms with van der Waals surface area (Å²) in [4.78, 5) is 21.5. The van der Waals surface area contributed by atoms with E-state index in [1.54, 1.807) is 13.8 Å². The van der Waals surface area contributed by atoms with E-state index >= 15 is 0 Å². The molecule has 0 saturated carbocycles. The SMILES string of the molecule is CC(C)n1cc(S(=O)(=O)NCCC(N)=O)cc1C(=O)O. The number of carboxylic acid groups (broad SMARTS) is 1. The fourth-order valence-electron chi connectivity index (χ4n) is 1.59. The normalized spacial score (nSPS) is 11.8. The number of carboxylic acids is 1. The molecule has 0 atom stereocenters. The zero-order valence-electron chi connectivity index (χ0n) is 11.2. The number of carbonyl (C=O) groups excluding carboxylic acids is 1. The lowest BCUT2D eigenvalue weighted by molar-refractivity contribution is -0.117. The zero-order chi connectivity index (χ0) is 15.5. The maximum absolute atomic E-state index is 12.0. The third-order valence-electron chi connectivity index (χ3n) is 2.57. The van der Waals surface area contributed by atoms with Gasteiger partial charge in [-0.3, -0.25) is 4.79 Å². The first-order valence-electron chi connectivity index (χ1n) is 5.88. The molecule has 1 amide bonds. The molecule has 0 aliphatic rings. The molecule has 20 heavy (non-hydrogen) atoms. The van der Waals surface area contributed by atoms with E-state index in [1.165, 1.54) is 10.8 Å². The van der Waals surface area contributed by atoms with Crippen molar-refractivity contribution >= 4 is 21.9 Å². The maximum Gasteiger partial charge on any atom is 0.352 e. The van der Waals surface area contributed by atoms with Crippen molar-refractivity contribution in [2.75, 3.05) is 6.54 Å². The number of hydrogen-bond donors (Lipinski definition) is 3. The molecule has 1 rings (SSSR count). The molecule has 4 N–H and O–H groups in total. The molecular weight excluding hydrogens is 286 g/mol. The van der Waals surface area contributed by atoms with Crippen LogP contribution in [0.2, 0.25) is 0 Å². The second-order valence-electron chi connectivity index (χ2n) is 4.48. The number of rotatable bonds is 7. The Morgan fingerprint density at radius 2 is 2.05 bits per heavy atom. The van der Waals surface area contributed by atoms with E-state index in [9.17, 15) is 18.0 Å². The zero-order valence-corrected chi connectivity index (χ0v) is 12.0. The third kappa shape index (κ3) is 3.81. The van der Waals surface area contributed by atoms with Crippen LogP contribution in [0.5, 0.6) is 0 Å². The van der Waals surface area contributed by atoms with Crippen LogP contribution in [-0.4, -0.2) is 36.5 Å². The van der Waals surface area contributed by atoms with Crippen molar-refractivity contribution < 1.29 is 23.1 Å². The highest BCUT2D eigenvalue weighted by atomic mass is 32.2. The number of primary amides is 1. The van der Waals surface area contributed by atoms with Gasteiger partial charge in [0.1, 0.15) is 10.6 Å². The van der Waals surface area contributed by atoms with Gasteiger partial charge in [-0.15, -0.1) is 0 Å². The summed E-state index contributed by atoms with van der Waals surface area (Å²) >= 11 is 0. The maximum atomic E-state index is 12.0. The van der Waals surface area contributed by atoms with Crippen LogP contribution < -0.4 is 10.5 Å². The lowest BCUT2D eigenvalue weighted by Crippen LogP contribution is -2.27. The van der Waals surface area contributed by atoms with E-state index in [4.69, 9.17) is 10.8 Å². The van der Waals surface area contributed by atoms with Crippen LogP contribution in [0.1, 0.15) is 36.8 Å². The first-order valence-corrected chi connectivity index (χ1v) is 7.36. The molecule has 1 aromatic heterocycles. The Bertz CT molecular complexity index is 618. The fraction of sp³-hybridized carbons (Fsp3) is 0.455. The van der Waals surface area contributed by atoms with Gasteiger partial charge in [0.25, 0.3) is 0 Å². The topological polar surface area (TPSA) is 131 Å². The van der Waals surface area contributed by atoms with Gasteiger partial charge in [0, 0.05) is 25.2 Å². The number of nitrogens with two attached hydrogens (primary N) is 1. The van der Waals surface area contributed by atoms with E-state index in [1.807, 2.05) is 0 Å². The largest absolute Gasteiger partial charge is 0.477 e. The smallest absolute Gasteiger partial charge is 0.352 e. The van der Waals surface area contributed by atoms with Gasteiger partial charge in [-0.05, 0) is 19.9 Å². The van der Waals surface area contributed by atoms with Crippen LogP contribution in [0, 0.1) is 0 Å². The Labute approximate surface area is 116 Å². The number of sulfonamides is 1. The highest BCUT2D eigenvalue weighted by Crippen LogP contribution is 2.18. The second kappa shape index (κ2) is 6.06. The van der Waals surface area contributed by atoms with Gasteiger partial charge in [0.05, 0.1) is 0 Å². The molecule has 0 radical (unpaired) electrons. The van der Waals surface area contributed by atoms with Crippen LogP contribution in [0.25, 0.3) is 0 Å². The average molecular weight is 303 g/mol. The summed E-state index contributed by atoms with van der Waals surface area (Å²) in [7, 11) is -3.87. The van der Waals surface area contributed by atoms with Crippen LogP contribution in [-0.2, 0) is 14.8 Å². The number of hydrogen-bond acceptors (Lipinski definition) is 4. The molecule has 9 heteroatoms. The summed E-state index contributed by atoms with van der Waals surface area (Å²) in [6.45, 7) is 3.35. The fourth-order valence-corrected chi connectivity index (χ4v) is 2.65. The number of aromatic carboxylic acids is 1. The van der Waals surface area contributed by atoms with Crippen molar-refractivity contribution in [1.29, 1.82) is 0 Å². The molecule has 0 fully saturated rings. The molecule has 1 aromatic rings. The summed E-state index contributed by atoms with van der Waals surface area (Å²) in [5.74, 6) is -1.84. The molecule has 8 nitrogen and oxygen atoms in total. The van der Waals surface area contributed by atoms with Crippen LogP contribution in [0.4, 0.5) is 0 Å². The van der Waals surface area contributed by atoms with Crippen LogP contribution in [0.15, 0.2) is 17.2 Å². The molecule has 0 aliphatic heterocycles. The second-order valence-corrected chi connectivity index (χ2v) is 6.25. The number of carbonyl (C=O) groups is 2. The lowest BCUT2D eigenvalue weighted by Gasteiger charge is -2.09. The Hall–Kier alpha value is -1.87. The lowest BCUT2D eigenvalue weighted by atomic mass is 10.3. The Morgan fingerprint density at radius 3 is 2.45 bits per heavy atom. The molecule has 0 spiro atoms. The molecule has 0 unspecified atom stereocenters. The average Bonchev–Trinajstić information content (AvgIpc) is 2.73. The number of nitrogens with zero attached hydrogens (tertiary/aromatic N) is 1. The number of aromatic nitrogens is 1. The van der Waals surface area contributed by atoms with Crippen molar-refractivity contribution in [2.24, 2.45) is 5.73 Å². The molecule has 0 bridgehead atoms. The van der Waals surface area contributed by atoms with E-state index in [2.05, 4.69) is 4.72 Å². The molecule has 1 heterocycles. The highest BCUT2D eigenvalue weighted by Gasteiger charge is 2.22. The van der Waals surface area contributed by atoms with Gasteiger partial charge < -0.3 is 15.4 Å². The van der Waals surface area contributed by atoms with Crippen molar-refractivity contribution in [3.05, 3.63) is 18.0 Å². The first kappa shape index (κ1) is 16.2.